The molecule has 1 N–H and O–H groups in total. The van der Waals surface area contributed by atoms with Crippen molar-refractivity contribution in [2.24, 2.45) is 11.8 Å². The van der Waals surface area contributed by atoms with Gasteiger partial charge in [0.1, 0.15) is 23.5 Å². The highest BCUT2D eigenvalue weighted by molar-refractivity contribution is 7.92. The number of halogens is 5. The van der Waals surface area contributed by atoms with Crippen molar-refractivity contribution in [3.05, 3.63) is 77.9 Å². The fourth-order valence-corrected chi connectivity index (χ4v) is 6.01. The first-order valence-corrected chi connectivity index (χ1v) is 12.5. The predicted molar refractivity (Wildman–Crippen MR) is 121 cm³/mol. The van der Waals surface area contributed by atoms with E-state index in [0.717, 1.165) is 40.7 Å². The Morgan fingerprint density at radius 1 is 1.03 bits per heavy atom. The van der Waals surface area contributed by atoms with Gasteiger partial charge in [0.2, 0.25) is 0 Å². The fraction of sp³-hybridized carbons (Fsp3) is 0.240. The number of alkyl halides is 3. The molecule has 37 heavy (non-hydrogen) atoms. The molecule has 0 spiro atoms. The lowest BCUT2D eigenvalue weighted by molar-refractivity contribution is -0.139. The van der Waals surface area contributed by atoms with E-state index in [-0.39, 0.29) is 35.5 Å². The Balaban J connectivity index is 1.62. The van der Waals surface area contributed by atoms with Crippen LogP contribution in [0.15, 0.2) is 65.6 Å². The monoisotopic (exact) mass is 539 g/mol. The van der Waals surface area contributed by atoms with Crippen molar-refractivity contribution in [3.8, 4) is 16.9 Å². The maximum Gasteiger partial charge on any atom is 0.416 e. The highest BCUT2D eigenvalue weighted by Crippen LogP contribution is 2.48. The van der Waals surface area contributed by atoms with Crippen LogP contribution in [0, 0.1) is 23.5 Å². The van der Waals surface area contributed by atoms with Gasteiger partial charge >= 0.3 is 12.1 Å². The maximum atomic E-state index is 14.4. The Bertz CT molecular complexity index is 1510. The Labute approximate surface area is 208 Å². The van der Waals surface area contributed by atoms with E-state index >= 15 is 0 Å². The summed E-state index contributed by atoms with van der Waals surface area (Å²) in [5.74, 6) is -3.81. The van der Waals surface area contributed by atoms with E-state index in [9.17, 15) is 40.3 Å². The molecule has 3 atom stereocenters. The van der Waals surface area contributed by atoms with Gasteiger partial charge in [-0.1, -0.05) is 12.1 Å². The van der Waals surface area contributed by atoms with Gasteiger partial charge in [-0.2, -0.15) is 13.2 Å². The summed E-state index contributed by atoms with van der Waals surface area (Å²) < 4.78 is 102. The summed E-state index contributed by atoms with van der Waals surface area (Å²) in [6.07, 6.45) is -5.42. The number of carboxylic acid groups (broad SMARTS) is 1. The summed E-state index contributed by atoms with van der Waals surface area (Å²) in [7, 11) is -4.61. The van der Waals surface area contributed by atoms with E-state index in [1.807, 2.05) is 0 Å². The number of hydrogen-bond acceptors (Lipinski definition) is 4. The molecule has 3 aromatic rings. The molecule has 0 saturated heterocycles. The van der Waals surface area contributed by atoms with Crippen LogP contribution >= 0.6 is 0 Å². The number of fused-ring (bicyclic) bond motifs is 1. The average Bonchev–Trinajstić information content (AvgIpc) is 3.65. The topological polar surface area (TPSA) is 83.9 Å². The van der Waals surface area contributed by atoms with E-state index in [1.54, 1.807) is 0 Å². The molecule has 1 unspecified atom stereocenters. The standard InChI is InChI=1S/C25H18F5NO5S/c26-15-5-6-20(27)17(10-15)13-4-7-22-21(8-13)31(12-23(36-22)18-11-19(18)24(32)33)37(34,35)16-3-1-2-14(9-16)25(28,29)30/h1-10,18-19,23H,11-12H2,(H,32,33)/t18-,19-,23?/m0/s1. The third kappa shape index (κ3) is 4.61. The largest absolute Gasteiger partial charge is 0.486 e. The van der Waals surface area contributed by atoms with Crippen molar-refractivity contribution in [3.63, 3.8) is 0 Å². The lowest BCUT2D eigenvalue weighted by atomic mass is 10.0. The Morgan fingerprint density at radius 3 is 2.46 bits per heavy atom. The van der Waals surface area contributed by atoms with Gasteiger partial charge in [-0.25, -0.2) is 17.2 Å². The zero-order chi connectivity index (χ0) is 26.7. The van der Waals surface area contributed by atoms with Crippen molar-refractivity contribution in [2.45, 2.75) is 23.6 Å². The van der Waals surface area contributed by atoms with Crippen LogP contribution in [0.25, 0.3) is 11.1 Å². The highest BCUT2D eigenvalue weighted by atomic mass is 32.2. The number of ether oxygens (including phenoxy) is 1. The molecule has 3 aromatic carbocycles. The van der Waals surface area contributed by atoms with Crippen LogP contribution in [0.2, 0.25) is 0 Å². The smallest absolute Gasteiger partial charge is 0.416 e. The normalized spacial score (nSPS) is 21.2. The summed E-state index contributed by atoms with van der Waals surface area (Å²) in [4.78, 5) is 10.8. The second-order valence-corrected chi connectivity index (χ2v) is 10.7. The number of anilines is 1. The molecule has 5 rings (SSSR count). The predicted octanol–water partition coefficient (Wildman–Crippen LogP) is 5.33. The van der Waals surface area contributed by atoms with Gasteiger partial charge in [0.15, 0.2) is 0 Å². The zero-order valence-corrected chi connectivity index (χ0v) is 19.6. The molecule has 1 heterocycles. The molecular formula is C25H18F5NO5S. The van der Waals surface area contributed by atoms with Crippen molar-refractivity contribution >= 4 is 21.7 Å². The molecule has 0 aromatic heterocycles. The molecule has 1 saturated carbocycles. The Morgan fingerprint density at radius 2 is 1.78 bits per heavy atom. The van der Waals surface area contributed by atoms with Crippen LogP contribution in [-0.4, -0.2) is 32.1 Å². The number of nitrogens with zero attached hydrogens (tertiary/aromatic N) is 1. The summed E-state index contributed by atoms with van der Waals surface area (Å²) in [5, 5.41) is 9.31. The van der Waals surface area contributed by atoms with Gasteiger partial charge in [-0.3, -0.25) is 9.10 Å². The van der Waals surface area contributed by atoms with Crippen LogP contribution in [0.4, 0.5) is 27.6 Å². The number of benzene rings is 3. The molecule has 6 nitrogen and oxygen atoms in total. The molecule has 0 amide bonds. The fourth-order valence-electron chi connectivity index (χ4n) is 4.48. The van der Waals surface area contributed by atoms with Gasteiger partial charge in [0.25, 0.3) is 10.0 Å². The second kappa shape index (κ2) is 8.72. The van der Waals surface area contributed by atoms with E-state index in [4.69, 9.17) is 4.74 Å². The minimum atomic E-state index is -4.79. The number of carboxylic acids is 1. The van der Waals surface area contributed by atoms with E-state index in [1.165, 1.54) is 18.2 Å². The van der Waals surface area contributed by atoms with Gasteiger partial charge in [-0.15, -0.1) is 0 Å². The lowest BCUT2D eigenvalue weighted by Crippen LogP contribution is -2.45. The van der Waals surface area contributed by atoms with Crippen molar-refractivity contribution in [2.75, 3.05) is 10.8 Å². The molecular weight excluding hydrogens is 521 g/mol. The first-order chi connectivity index (χ1) is 17.4. The quantitative estimate of drug-likeness (QED) is 0.444. The number of rotatable bonds is 5. The third-order valence-electron chi connectivity index (χ3n) is 6.48. The molecule has 0 radical (unpaired) electrons. The molecule has 0 bridgehead atoms. The van der Waals surface area contributed by atoms with Gasteiger partial charge in [0.05, 0.1) is 28.6 Å². The van der Waals surface area contributed by atoms with E-state index in [0.29, 0.717) is 6.07 Å². The van der Waals surface area contributed by atoms with Gasteiger partial charge in [0, 0.05) is 11.5 Å². The summed E-state index contributed by atoms with van der Waals surface area (Å²) in [5.41, 5.74) is -1.31. The highest BCUT2D eigenvalue weighted by Gasteiger charge is 2.52. The summed E-state index contributed by atoms with van der Waals surface area (Å²) in [6.45, 7) is -0.380. The third-order valence-corrected chi connectivity index (χ3v) is 8.25. The first-order valence-electron chi connectivity index (χ1n) is 11.0. The van der Waals surface area contributed by atoms with Crippen LogP contribution in [0.5, 0.6) is 5.75 Å². The van der Waals surface area contributed by atoms with E-state index < -0.39 is 62.2 Å². The van der Waals surface area contributed by atoms with Crippen LogP contribution in [-0.2, 0) is 21.0 Å². The Kier molecular flexibility index (Phi) is 5.89. The second-order valence-electron chi connectivity index (χ2n) is 8.87. The zero-order valence-electron chi connectivity index (χ0n) is 18.7. The van der Waals surface area contributed by atoms with Gasteiger partial charge in [-0.05, 0) is 60.5 Å². The van der Waals surface area contributed by atoms with Crippen LogP contribution in [0.3, 0.4) is 0 Å². The van der Waals surface area contributed by atoms with E-state index in [2.05, 4.69) is 0 Å². The number of sulfonamides is 1. The summed E-state index contributed by atoms with van der Waals surface area (Å²) in [6, 6.07) is 9.96. The Hall–Kier alpha value is -3.67. The minimum Gasteiger partial charge on any atom is -0.486 e. The first kappa shape index (κ1) is 25.0. The minimum absolute atomic E-state index is 0.0170. The molecule has 1 aliphatic heterocycles. The summed E-state index contributed by atoms with van der Waals surface area (Å²) >= 11 is 0. The molecule has 1 fully saturated rings. The van der Waals surface area contributed by atoms with Crippen molar-refractivity contribution < 1.29 is 45.0 Å². The lowest BCUT2D eigenvalue weighted by Gasteiger charge is -2.36. The number of carbonyl (C=O) groups is 1. The molecule has 194 valence electrons. The van der Waals surface area contributed by atoms with Crippen molar-refractivity contribution in [1.29, 1.82) is 0 Å². The number of aliphatic carboxylic acids is 1. The molecule has 1 aliphatic carbocycles. The SMILES string of the molecule is O=C(O)[C@H]1C[C@@H]1C1CN(S(=O)(=O)c2cccc(C(F)(F)F)c2)c2cc(-c3cc(F)ccc3F)ccc2O1. The van der Waals surface area contributed by atoms with Crippen molar-refractivity contribution in [1.82, 2.24) is 0 Å². The van der Waals surface area contributed by atoms with Crippen LogP contribution in [0.1, 0.15) is 12.0 Å². The molecule has 12 heteroatoms. The maximum absolute atomic E-state index is 14.4. The average molecular weight is 539 g/mol. The van der Waals surface area contributed by atoms with Gasteiger partial charge < -0.3 is 9.84 Å². The number of hydrogen-bond donors (Lipinski definition) is 1. The van der Waals surface area contributed by atoms with Crippen LogP contribution < -0.4 is 9.04 Å². The molecule has 2 aliphatic rings.